The summed E-state index contributed by atoms with van der Waals surface area (Å²) in [6.07, 6.45) is 6.26. The van der Waals surface area contributed by atoms with Crippen molar-refractivity contribution in [2.24, 2.45) is 5.41 Å². The van der Waals surface area contributed by atoms with Crippen LogP contribution in [-0.4, -0.2) is 49.8 Å². The molecule has 5 heteroatoms. The Morgan fingerprint density at radius 1 is 1.57 bits per heavy atom. The number of hydrogen-bond donors (Lipinski definition) is 0. The van der Waals surface area contributed by atoms with E-state index in [2.05, 4.69) is 0 Å². The lowest BCUT2D eigenvalue weighted by Crippen LogP contribution is -2.58. The van der Waals surface area contributed by atoms with E-state index in [-0.39, 0.29) is 17.4 Å². The average molecular weight is 293 g/mol. The summed E-state index contributed by atoms with van der Waals surface area (Å²) < 4.78 is 16.7. The Kier molecular flexibility index (Phi) is 4.31. The third kappa shape index (κ3) is 2.85. The predicted octanol–water partition coefficient (Wildman–Crippen LogP) is 2.33. The third-order valence-corrected chi connectivity index (χ3v) is 4.64. The van der Waals surface area contributed by atoms with Gasteiger partial charge >= 0.3 is 0 Å². The molecule has 0 aromatic carbocycles. The fraction of sp³-hybridized carbons (Fsp3) is 0.688. The van der Waals surface area contributed by atoms with Crippen molar-refractivity contribution in [1.29, 1.82) is 0 Å². The van der Waals surface area contributed by atoms with Gasteiger partial charge in [-0.3, -0.25) is 4.79 Å². The molecule has 0 bridgehead atoms. The molecule has 2 aliphatic heterocycles. The van der Waals surface area contributed by atoms with Crippen molar-refractivity contribution < 1.29 is 18.7 Å². The molecule has 3 rings (SSSR count). The zero-order chi connectivity index (χ0) is 14.7. The molecular weight excluding hydrogens is 270 g/mol. The van der Waals surface area contributed by atoms with Crippen molar-refractivity contribution in [2.75, 3.05) is 32.9 Å². The molecule has 1 aromatic rings. The van der Waals surface area contributed by atoms with Crippen LogP contribution in [0, 0.1) is 5.41 Å². The standard InChI is InChI=1S/C16H23NO4/c1-2-19-12-16-6-3-8-21-14(16)4-7-17(11-16)15(18)13-5-9-20-10-13/h5,9-10,14H,2-4,6-8,11-12H2,1H3/t14-,16-/m1/s1. The second-order valence-electron chi connectivity index (χ2n) is 5.99. The molecule has 2 aliphatic rings. The third-order valence-electron chi connectivity index (χ3n) is 4.64. The van der Waals surface area contributed by atoms with E-state index < -0.39 is 0 Å². The maximum absolute atomic E-state index is 12.5. The zero-order valence-electron chi connectivity index (χ0n) is 12.5. The maximum atomic E-state index is 12.5. The van der Waals surface area contributed by atoms with Crippen LogP contribution in [-0.2, 0) is 9.47 Å². The maximum Gasteiger partial charge on any atom is 0.257 e. The Hall–Kier alpha value is -1.33. The monoisotopic (exact) mass is 293 g/mol. The number of amides is 1. The first-order chi connectivity index (χ1) is 10.2. The second kappa shape index (κ2) is 6.20. The summed E-state index contributed by atoms with van der Waals surface area (Å²) >= 11 is 0. The Bertz CT molecular complexity index is 473. The highest BCUT2D eigenvalue weighted by molar-refractivity contribution is 5.93. The number of furan rings is 1. The van der Waals surface area contributed by atoms with Crippen molar-refractivity contribution in [3.05, 3.63) is 24.2 Å². The first-order valence-electron chi connectivity index (χ1n) is 7.76. The highest BCUT2D eigenvalue weighted by atomic mass is 16.5. The Balaban J connectivity index is 1.76. The molecule has 21 heavy (non-hydrogen) atoms. The Morgan fingerprint density at radius 3 is 3.24 bits per heavy atom. The normalized spacial score (nSPS) is 29.2. The minimum atomic E-state index is -0.0497. The van der Waals surface area contributed by atoms with Crippen LogP contribution in [0.4, 0.5) is 0 Å². The molecule has 0 N–H and O–H groups in total. The van der Waals surface area contributed by atoms with E-state index >= 15 is 0 Å². The molecule has 2 atom stereocenters. The molecular formula is C16H23NO4. The number of hydrogen-bond acceptors (Lipinski definition) is 4. The van der Waals surface area contributed by atoms with Crippen LogP contribution in [0.1, 0.15) is 36.5 Å². The van der Waals surface area contributed by atoms with E-state index in [0.717, 1.165) is 32.4 Å². The van der Waals surface area contributed by atoms with Gasteiger partial charge in [0, 0.05) is 31.7 Å². The lowest BCUT2D eigenvalue weighted by molar-refractivity contribution is -0.146. The topological polar surface area (TPSA) is 51.9 Å². The van der Waals surface area contributed by atoms with E-state index in [1.807, 2.05) is 11.8 Å². The van der Waals surface area contributed by atoms with E-state index in [0.29, 0.717) is 25.3 Å². The van der Waals surface area contributed by atoms with Crippen molar-refractivity contribution in [2.45, 2.75) is 32.3 Å². The summed E-state index contributed by atoms with van der Waals surface area (Å²) in [5.41, 5.74) is 0.572. The van der Waals surface area contributed by atoms with Gasteiger partial charge in [0.2, 0.25) is 0 Å². The zero-order valence-corrected chi connectivity index (χ0v) is 12.5. The minimum absolute atomic E-state index is 0.0450. The summed E-state index contributed by atoms with van der Waals surface area (Å²) in [6.45, 7) is 5.65. The van der Waals surface area contributed by atoms with Crippen molar-refractivity contribution >= 4 is 5.91 Å². The van der Waals surface area contributed by atoms with E-state index in [1.165, 1.54) is 6.26 Å². The number of piperidine rings is 1. The predicted molar refractivity (Wildman–Crippen MR) is 77.1 cm³/mol. The van der Waals surface area contributed by atoms with Gasteiger partial charge < -0.3 is 18.8 Å². The highest BCUT2D eigenvalue weighted by Gasteiger charge is 2.47. The molecule has 2 saturated heterocycles. The van der Waals surface area contributed by atoms with Crippen molar-refractivity contribution in [3.8, 4) is 0 Å². The van der Waals surface area contributed by atoms with Gasteiger partial charge in [0.05, 0.1) is 24.5 Å². The van der Waals surface area contributed by atoms with Crippen molar-refractivity contribution in [1.82, 2.24) is 4.90 Å². The molecule has 2 fully saturated rings. The second-order valence-corrected chi connectivity index (χ2v) is 5.99. The number of nitrogens with zero attached hydrogens (tertiary/aromatic N) is 1. The first kappa shape index (κ1) is 14.6. The van der Waals surface area contributed by atoms with Crippen LogP contribution in [0.25, 0.3) is 0 Å². The molecule has 1 amide bonds. The van der Waals surface area contributed by atoms with Gasteiger partial charge in [-0.25, -0.2) is 0 Å². The number of likely N-dealkylation sites (tertiary alicyclic amines) is 1. The average Bonchev–Trinajstić information content (AvgIpc) is 3.06. The van der Waals surface area contributed by atoms with Gasteiger partial charge in [-0.15, -0.1) is 0 Å². The smallest absolute Gasteiger partial charge is 0.257 e. The number of carbonyl (C=O) groups is 1. The van der Waals surface area contributed by atoms with Crippen LogP contribution in [0.3, 0.4) is 0 Å². The summed E-state index contributed by atoms with van der Waals surface area (Å²) in [5, 5.41) is 0. The molecule has 3 heterocycles. The van der Waals surface area contributed by atoms with E-state index in [4.69, 9.17) is 13.9 Å². The van der Waals surface area contributed by atoms with Gasteiger partial charge in [-0.05, 0) is 32.3 Å². The molecule has 0 spiro atoms. The summed E-state index contributed by atoms with van der Waals surface area (Å²) in [6, 6.07) is 1.72. The largest absolute Gasteiger partial charge is 0.472 e. The van der Waals surface area contributed by atoms with Gasteiger partial charge in [-0.1, -0.05) is 0 Å². The summed E-state index contributed by atoms with van der Waals surface area (Å²) in [4.78, 5) is 14.5. The fourth-order valence-electron chi connectivity index (χ4n) is 3.55. The first-order valence-corrected chi connectivity index (χ1v) is 7.76. The number of ether oxygens (including phenoxy) is 2. The fourth-order valence-corrected chi connectivity index (χ4v) is 3.55. The quantitative estimate of drug-likeness (QED) is 0.855. The van der Waals surface area contributed by atoms with Gasteiger partial charge in [0.1, 0.15) is 6.26 Å². The Labute approximate surface area is 125 Å². The lowest BCUT2D eigenvalue weighted by Gasteiger charge is -2.50. The SMILES string of the molecule is CCOC[C@]12CCCO[C@@H]1CCN(C(=O)c1ccoc1)C2. The highest BCUT2D eigenvalue weighted by Crippen LogP contribution is 2.40. The van der Waals surface area contributed by atoms with Crippen LogP contribution in [0.2, 0.25) is 0 Å². The van der Waals surface area contributed by atoms with Crippen molar-refractivity contribution in [3.63, 3.8) is 0 Å². The van der Waals surface area contributed by atoms with Crippen LogP contribution in [0.5, 0.6) is 0 Å². The number of carbonyl (C=O) groups excluding carboxylic acids is 1. The van der Waals surface area contributed by atoms with E-state index in [9.17, 15) is 4.79 Å². The molecule has 116 valence electrons. The van der Waals surface area contributed by atoms with Gasteiger partial charge in [-0.2, -0.15) is 0 Å². The van der Waals surface area contributed by atoms with Gasteiger partial charge in [0.15, 0.2) is 0 Å². The van der Waals surface area contributed by atoms with Crippen LogP contribution in [0.15, 0.2) is 23.0 Å². The van der Waals surface area contributed by atoms with Crippen LogP contribution >= 0.6 is 0 Å². The summed E-state index contributed by atoms with van der Waals surface area (Å²) in [5.74, 6) is 0.0450. The molecule has 0 saturated carbocycles. The van der Waals surface area contributed by atoms with Gasteiger partial charge in [0.25, 0.3) is 5.91 Å². The molecule has 1 aromatic heterocycles. The lowest BCUT2D eigenvalue weighted by atomic mass is 9.73. The molecule has 0 radical (unpaired) electrons. The summed E-state index contributed by atoms with van der Waals surface area (Å²) in [7, 11) is 0. The van der Waals surface area contributed by atoms with E-state index in [1.54, 1.807) is 12.3 Å². The molecule has 0 aliphatic carbocycles. The molecule has 0 unspecified atom stereocenters. The number of rotatable bonds is 4. The number of fused-ring (bicyclic) bond motifs is 1. The Morgan fingerprint density at radius 2 is 2.48 bits per heavy atom. The molecule has 5 nitrogen and oxygen atoms in total. The minimum Gasteiger partial charge on any atom is -0.472 e. The van der Waals surface area contributed by atoms with Crippen LogP contribution < -0.4 is 0 Å².